The monoisotopic (exact) mass is 294 g/mol. The first-order valence-corrected chi connectivity index (χ1v) is 7.66. The smallest absolute Gasteiger partial charge is 0.307 e. The summed E-state index contributed by atoms with van der Waals surface area (Å²) in [5.41, 5.74) is 1.87. The SMILES string of the molecule is CCOC(C)(CC)c1nc(CC)c(CC(=O)O)c(CC)n1. The Morgan fingerprint density at radius 2 is 1.67 bits per heavy atom. The van der Waals surface area contributed by atoms with E-state index >= 15 is 0 Å². The lowest BCUT2D eigenvalue weighted by atomic mass is 9.99. The zero-order chi connectivity index (χ0) is 16.0. The fraction of sp³-hybridized carbons (Fsp3) is 0.688. The largest absolute Gasteiger partial charge is 0.481 e. The van der Waals surface area contributed by atoms with Gasteiger partial charge in [-0.25, -0.2) is 9.97 Å². The van der Waals surface area contributed by atoms with Gasteiger partial charge in [0.15, 0.2) is 5.82 Å². The molecule has 0 aliphatic carbocycles. The fourth-order valence-corrected chi connectivity index (χ4v) is 2.40. The minimum Gasteiger partial charge on any atom is -0.481 e. The molecule has 5 heteroatoms. The van der Waals surface area contributed by atoms with Crippen LogP contribution < -0.4 is 0 Å². The van der Waals surface area contributed by atoms with Crippen LogP contribution in [0.2, 0.25) is 0 Å². The van der Waals surface area contributed by atoms with E-state index in [1.54, 1.807) is 0 Å². The molecule has 0 aromatic carbocycles. The lowest BCUT2D eigenvalue weighted by Gasteiger charge is -2.28. The molecule has 1 unspecified atom stereocenters. The van der Waals surface area contributed by atoms with Gasteiger partial charge >= 0.3 is 5.97 Å². The van der Waals surface area contributed by atoms with Crippen LogP contribution in [0.1, 0.15) is 63.8 Å². The molecule has 118 valence electrons. The average molecular weight is 294 g/mol. The first-order chi connectivity index (χ1) is 9.91. The van der Waals surface area contributed by atoms with Crippen molar-refractivity contribution in [3.8, 4) is 0 Å². The third kappa shape index (κ3) is 4.00. The topological polar surface area (TPSA) is 72.3 Å². The number of ether oxygens (including phenoxy) is 1. The highest BCUT2D eigenvalue weighted by atomic mass is 16.5. The maximum absolute atomic E-state index is 11.1. The molecule has 1 atom stereocenters. The van der Waals surface area contributed by atoms with Crippen LogP contribution in [0.4, 0.5) is 0 Å². The molecule has 1 N–H and O–H groups in total. The summed E-state index contributed by atoms with van der Waals surface area (Å²) in [6, 6.07) is 0. The number of hydrogen-bond acceptors (Lipinski definition) is 4. The van der Waals surface area contributed by atoms with Crippen LogP contribution in [0, 0.1) is 0 Å². The normalized spacial score (nSPS) is 14.0. The average Bonchev–Trinajstić information content (AvgIpc) is 2.46. The molecule has 1 aromatic heterocycles. The predicted molar refractivity (Wildman–Crippen MR) is 81.4 cm³/mol. The van der Waals surface area contributed by atoms with E-state index in [1.807, 2.05) is 34.6 Å². The molecule has 0 radical (unpaired) electrons. The van der Waals surface area contributed by atoms with E-state index in [2.05, 4.69) is 9.97 Å². The zero-order valence-corrected chi connectivity index (χ0v) is 13.7. The molecule has 1 rings (SSSR count). The van der Waals surface area contributed by atoms with Gasteiger partial charge in [0.25, 0.3) is 0 Å². The summed E-state index contributed by atoms with van der Waals surface area (Å²) >= 11 is 0. The van der Waals surface area contributed by atoms with Crippen molar-refractivity contribution in [1.29, 1.82) is 0 Å². The van der Waals surface area contributed by atoms with Crippen LogP contribution in [0.15, 0.2) is 0 Å². The van der Waals surface area contributed by atoms with Gasteiger partial charge in [0.2, 0.25) is 0 Å². The minimum atomic E-state index is -0.848. The fourth-order valence-electron chi connectivity index (χ4n) is 2.40. The highest BCUT2D eigenvalue weighted by Gasteiger charge is 2.30. The van der Waals surface area contributed by atoms with Crippen molar-refractivity contribution in [3.63, 3.8) is 0 Å². The zero-order valence-electron chi connectivity index (χ0n) is 13.7. The summed E-state index contributed by atoms with van der Waals surface area (Å²) in [6.07, 6.45) is 2.13. The summed E-state index contributed by atoms with van der Waals surface area (Å²) < 4.78 is 5.84. The number of carboxylic acid groups (broad SMARTS) is 1. The van der Waals surface area contributed by atoms with Crippen molar-refractivity contribution < 1.29 is 14.6 Å². The summed E-state index contributed by atoms with van der Waals surface area (Å²) in [5.74, 6) is -0.187. The second kappa shape index (κ2) is 7.50. The van der Waals surface area contributed by atoms with E-state index in [-0.39, 0.29) is 6.42 Å². The highest BCUT2D eigenvalue weighted by Crippen LogP contribution is 2.28. The van der Waals surface area contributed by atoms with Gasteiger partial charge in [0.05, 0.1) is 6.42 Å². The highest BCUT2D eigenvalue weighted by molar-refractivity contribution is 5.71. The summed E-state index contributed by atoms with van der Waals surface area (Å²) in [4.78, 5) is 20.3. The number of rotatable bonds is 8. The predicted octanol–water partition coefficient (Wildman–Crippen LogP) is 2.89. The van der Waals surface area contributed by atoms with Gasteiger partial charge in [0.1, 0.15) is 5.60 Å². The molecular formula is C16H26N2O3. The van der Waals surface area contributed by atoms with E-state index in [0.717, 1.165) is 23.4 Å². The van der Waals surface area contributed by atoms with Gasteiger partial charge in [-0.05, 0) is 33.1 Å². The van der Waals surface area contributed by atoms with Crippen LogP contribution >= 0.6 is 0 Å². The van der Waals surface area contributed by atoms with Gasteiger partial charge in [-0.1, -0.05) is 20.8 Å². The molecule has 0 amide bonds. The first-order valence-electron chi connectivity index (χ1n) is 7.66. The number of aliphatic carboxylic acids is 1. The molecule has 0 saturated heterocycles. The minimum absolute atomic E-state index is 0.0237. The molecule has 0 fully saturated rings. The van der Waals surface area contributed by atoms with Gasteiger partial charge < -0.3 is 9.84 Å². The Labute approximate surface area is 126 Å². The molecule has 1 heterocycles. The number of carboxylic acids is 1. The Bertz CT molecular complexity index is 477. The van der Waals surface area contributed by atoms with Crippen LogP contribution in [0.25, 0.3) is 0 Å². The quantitative estimate of drug-likeness (QED) is 0.798. The Hall–Kier alpha value is -1.49. The number of nitrogens with zero attached hydrogens (tertiary/aromatic N) is 2. The third-order valence-corrected chi connectivity index (χ3v) is 3.79. The van der Waals surface area contributed by atoms with Crippen molar-refractivity contribution >= 4 is 5.97 Å². The van der Waals surface area contributed by atoms with Crippen molar-refractivity contribution in [3.05, 3.63) is 22.8 Å². The molecule has 0 saturated carbocycles. The lowest BCUT2D eigenvalue weighted by molar-refractivity contribution is -0.136. The van der Waals surface area contributed by atoms with Gasteiger partial charge in [0, 0.05) is 23.6 Å². The standard InChI is InChI=1S/C16H26N2O3/c1-6-12-11(10-14(19)20)13(7-2)18-15(17-12)16(5,8-3)21-9-4/h6-10H2,1-5H3,(H,19,20). The van der Waals surface area contributed by atoms with Crippen LogP contribution in [-0.4, -0.2) is 27.7 Å². The molecule has 0 bridgehead atoms. The lowest BCUT2D eigenvalue weighted by Crippen LogP contribution is -2.29. The Kier molecular flexibility index (Phi) is 6.27. The molecule has 1 aromatic rings. The second-order valence-corrected chi connectivity index (χ2v) is 5.21. The molecule has 0 aliphatic rings. The van der Waals surface area contributed by atoms with Crippen molar-refractivity contribution in [2.24, 2.45) is 0 Å². The molecule has 21 heavy (non-hydrogen) atoms. The van der Waals surface area contributed by atoms with E-state index in [1.165, 1.54) is 0 Å². The van der Waals surface area contributed by atoms with Gasteiger partial charge in [-0.2, -0.15) is 0 Å². The first kappa shape index (κ1) is 17.6. The van der Waals surface area contributed by atoms with Crippen molar-refractivity contribution in [2.45, 2.75) is 65.9 Å². The van der Waals surface area contributed by atoms with Gasteiger partial charge in [-0.15, -0.1) is 0 Å². The Balaban J connectivity index is 3.40. The number of aromatic nitrogens is 2. The number of hydrogen-bond donors (Lipinski definition) is 1. The van der Waals surface area contributed by atoms with Crippen molar-refractivity contribution in [1.82, 2.24) is 9.97 Å². The maximum atomic E-state index is 11.1. The van der Waals surface area contributed by atoms with Gasteiger partial charge in [-0.3, -0.25) is 4.79 Å². The molecule has 5 nitrogen and oxygen atoms in total. The van der Waals surface area contributed by atoms with E-state index in [0.29, 0.717) is 25.3 Å². The van der Waals surface area contributed by atoms with E-state index in [9.17, 15) is 4.79 Å². The Morgan fingerprint density at radius 1 is 1.14 bits per heavy atom. The number of aryl methyl sites for hydroxylation is 2. The number of carbonyl (C=O) groups is 1. The van der Waals surface area contributed by atoms with Crippen molar-refractivity contribution in [2.75, 3.05) is 6.61 Å². The maximum Gasteiger partial charge on any atom is 0.307 e. The van der Waals surface area contributed by atoms with Crippen LogP contribution in [-0.2, 0) is 34.4 Å². The molecule has 0 spiro atoms. The third-order valence-electron chi connectivity index (χ3n) is 3.79. The molecule has 0 aliphatic heterocycles. The second-order valence-electron chi connectivity index (χ2n) is 5.21. The van der Waals surface area contributed by atoms with Crippen LogP contribution in [0.3, 0.4) is 0 Å². The Morgan fingerprint density at radius 3 is 2.00 bits per heavy atom. The van der Waals surface area contributed by atoms with E-state index in [4.69, 9.17) is 9.84 Å². The summed E-state index contributed by atoms with van der Waals surface area (Å²) in [5, 5.41) is 9.09. The summed E-state index contributed by atoms with van der Waals surface area (Å²) in [7, 11) is 0. The summed E-state index contributed by atoms with van der Waals surface area (Å²) in [6.45, 7) is 10.5. The van der Waals surface area contributed by atoms with E-state index < -0.39 is 11.6 Å². The molecular weight excluding hydrogens is 268 g/mol. The van der Waals surface area contributed by atoms with Crippen LogP contribution in [0.5, 0.6) is 0 Å².